The molecule has 0 fully saturated rings. The van der Waals surface area contributed by atoms with Crippen molar-refractivity contribution in [3.63, 3.8) is 0 Å². The first-order valence-corrected chi connectivity index (χ1v) is 8.41. The Morgan fingerprint density at radius 1 is 1.12 bits per heavy atom. The van der Waals surface area contributed by atoms with Gasteiger partial charge in [-0.3, -0.25) is 9.78 Å². The first kappa shape index (κ1) is 19.4. The minimum atomic E-state index is -0.351. The molecule has 0 atom stereocenters. The number of esters is 1. The van der Waals surface area contributed by atoms with Crippen molar-refractivity contribution < 1.29 is 19.1 Å². The van der Waals surface area contributed by atoms with E-state index >= 15 is 0 Å². The Balaban J connectivity index is 1.97. The fourth-order valence-electron chi connectivity index (χ4n) is 2.21. The lowest BCUT2D eigenvalue weighted by atomic mass is 10.2. The molecule has 2 N–H and O–H groups in total. The molecule has 0 aliphatic rings. The van der Waals surface area contributed by atoms with Gasteiger partial charge in [0.1, 0.15) is 5.69 Å². The standard InChI is InChI=1S/C19H23N3O4/c1-3-26-19(24)14-5-7-15(8-6-14)22-16-9-11-20-17(13-16)18(23)21-10-4-12-25-2/h5-9,11,13H,3-4,10,12H2,1-2H3,(H,20,22)(H,21,23). The van der Waals surface area contributed by atoms with E-state index in [2.05, 4.69) is 15.6 Å². The number of amides is 1. The van der Waals surface area contributed by atoms with E-state index in [0.29, 0.717) is 31.0 Å². The van der Waals surface area contributed by atoms with Gasteiger partial charge in [-0.2, -0.15) is 0 Å². The van der Waals surface area contributed by atoms with Crippen molar-refractivity contribution in [2.24, 2.45) is 0 Å². The van der Waals surface area contributed by atoms with E-state index in [1.54, 1.807) is 56.6 Å². The van der Waals surface area contributed by atoms with Crippen LogP contribution in [0.4, 0.5) is 11.4 Å². The molecule has 0 aliphatic carbocycles. The normalized spacial score (nSPS) is 10.2. The lowest BCUT2D eigenvalue weighted by Gasteiger charge is -2.09. The summed E-state index contributed by atoms with van der Waals surface area (Å²) < 4.78 is 9.90. The second kappa shape index (κ2) is 10.1. The molecule has 7 heteroatoms. The molecule has 0 spiro atoms. The van der Waals surface area contributed by atoms with Gasteiger partial charge >= 0.3 is 5.97 Å². The Morgan fingerprint density at radius 3 is 2.58 bits per heavy atom. The topological polar surface area (TPSA) is 89.5 Å². The molecule has 0 saturated heterocycles. The summed E-state index contributed by atoms with van der Waals surface area (Å²) in [5.41, 5.74) is 2.33. The van der Waals surface area contributed by atoms with E-state index in [0.717, 1.165) is 17.8 Å². The maximum atomic E-state index is 12.1. The van der Waals surface area contributed by atoms with Gasteiger partial charge in [-0.25, -0.2) is 4.79 Å². The number of ether oxygens (including phenoxy) is 2. The molecule has 138 valence electrons. The summed E-state index contributed by atoms with van der Waals surface area (Å²) in [6, 6.07) is 10.4. The van der Waals surface area contributed by atoms with Crippen LogP contribution in [0.2, 0.25) is 0 Å². The number of carbonyl (C=O) groups is 2. The number of hydrogen-bond donors (Lipinski definition) is 2. The highest BCUT2D eigenvalue weighted by atomic mass is 16.5. The predicted octanol–water partition coefficient (Wildman–Crippen LogP) is 2.77. The Morgan fingerprint density at radius 2 is 1.88 bits per heavy atom. The molecule has 0 aliphatic heterocycles. The zero-order chi connectivity index (χ0) is 18.8. The van der Waals surface area contributed by atoms with Crippen LogP contribution in [-0.2, 0) is 9.47 Å². The number of carbonyl (C=O) groups excluding carboxylic acids is 2. The number of anilines is 2. The molecule has 0 unspecified atom stereocenters. The highest BCUT2D eigenvalue weighted by Gasteiger charge is 2.08. The van der Waals surface area contributed by atoms with Gasteiger partial charge in [-0.15, -0.1) is 0 Å². The number of hydrogen-bond acceptors (Lipinski definition) is 6. The molecule has 1 heterocycles. The van der Waals surface area contributed by atoms with Crippen molar-refractivity contribution in [1.29, 1.82) is 0 Å². The van der Waals surface area contributed by atoms with Crippen molar-refractivity contribution in [3.8, 4) is 0 Å². The quantitative estimate of drug-likeness (QED) is 0.530. The second-order valence-electron chi connectivity index (χ2n) is 5.45. The number of pyridine rings is 1. The summed E-state index contributed by atoms with van der Waals surface area (Å²) in [5.74, 6) is -0.585. The fourth-order valence-corrected chi connectivity index (χ4v) is 2.21. The molecular formula is C19H23N3O4. The van der Waals surface area contributed by atoms with Gasteiger partial charge in [0.25, 0.3) is 5.91 Å². The zero-order valence-corrected chi connectivity index (χ0v) is 15.0. The minimum absolute atomic E-state index is 0.234. The number of nitrogens with one attached hydrogen (secondary N) is 2. The SMILES string of the molecule is CCOC(=O)c1ccc(Nc2ccnc(C(=O)NCCCOC)c2)cc1. The fraction of sp³-hybridized carbons (Fsp3) is 0.316. The molecule has 0 bridgehead atoms. The Hall–Kier alpha value is -2.93. The smallest absolute Gasteiger partial charge is 0.338 e. The molecule has 1 aromatic heterocycles. The van der Waals surface area contributed by atoms with Crippen molar-refractivity contribution in [1.82, 2.24) is 10.3 Å². The summed E-state index contributed by atoms with van der Waals surface area (Å²) in [7, 11) is 1.62. The summed E-state index contributed by atoms with van der Waals surface area (Å²) in [6.45, 7) is 3.23. The average molecular weight is 357 g/mol. The van der Waals surface area contributed by atoms with Gasteiger partial charge in [0.15, 0.2) is 0 Å². The van der Waals surface area contributed by atoms with Crippen LogP contribution >= 0.6 is 0 Å². The maximum absolute atomic E-state index is 12.1. The van der Waals surface area contributed by atoms with Gasteiger partial charge in [-0.1, -0.05) is 0 Å². The van der Waals surface area contributed by atoms with Crippen LogP contribution in [0, 0.1) is 0 Å². The maximum Gasteiger partial charge on any atom is 0.338 e. The predicted molar refractivity (Wildman–Crippen MR) is 98.7 cm³/mol. The number of rotatable bonds is 9. The Labute approximate surface area is 152 Å². The van der Waals surface area contributed by atoms with E-state index < -0.39 is 0 Å². The van der Waals surface area contributed by atoms with Crippen LogP contribution in [0.3, 0.4) is 0 Å². The molecule has 0 radical (unpaired) electrons. The number of benzene rings is 1. The summed E-state index contributed by atoms with van der Waals surface area (Å²) in [4.78, 5) is 27.9. The van der Waals surface area contributed by atoms with Crippen LogP contribution in [-0.4, -0.2) is 43.7 Å². The molecule has 26 heavy (non-hydrogen) atoms. The Bertz CT molecular complexity index is 732. The second-order valence-corrected chi connectivity index (χ2v) is 5.45. The molecule has 0 saturated carbocycles. The highest BCUT2D eigenvalue weighted by molar-refractivity contribution is 5.93. The van der Waals surface area contributed by atoms with Crippen LogP contribution < -0.4 is 10.6 Å². The van der Waals surface area contributed by atoms with E-state index in [1.807, 2.05) is 0 Å². The van der Waals surface area contributed by atoms with Crippen LogP contribution in [0.5, 0.6) is 0 Å². The van der Waals surface area contributed by atoms with Crippen molar-refractivity contribution in [3.05, 3.63) is 53.9 Å². The third-order valence-corrected chi connectivity index (χ3v) is 3.49. The summed E-state index contributed by atoms with van der Waals surface area (Å²) in [5, 5.41) is 5.98. The van der Waals surface area contributed by atoms with Gasteiger partial charge in [-0.05, 0) is 49.7 Å². The van der Waals surface area contributed by atoms with Gasteiger partial charge in [0.05, 0.1) is 12.2 Å². The van der Waals surface area contributed by atoms with Crippen molar-refractivity contribution in [2.75, 3.05) is 32.2 Å². The zero-order valence-electron chi connectivity index (χ0n) is 15.0. The summed E-state index contributed by atoms with van der Waals surface area (Å²) >= 11 is 0. The van der Waals surface area contributed by atoms with Gasteiger partial charge in [0, 0.05) is 37.8 Å². The summed E-state index contributed by atoms with van der Waals surface area (Å²) in [6.07, 6.45) is 2.31. The monoisotopic (exact) mass is 357 g/mol. The molecule has 2 aromatic rings. The lowest BCUT2D eigenvalue weighted by Crippen LogP contribution is -2.26. The van der Waals surface area contributed by atoms with Gasteiger partial charge in [0.2, 0.25) is 0 Å². The lowest BCUT2D eigenvalue weighted by molar-refractivity contribution is 0.0526. The van der Waals surface area contributed by atoms with Crippen molar-refractivity contribution >= 4 is 23.3 Å². The average Bonchev–Trinajstić information content (AvgIpc) is 2.66. The van der Waals surface area contributed by atoms with E-state index in [1.165, 1.54) is 0 Å². The van der Waals surface area contributed by atoms with Crippen molar-refractivity contribution in [2.45, 2.75) is 13.3 Å². The third-order valence-electron chi connectivity index (χ3n) is 3.49. The Kier molecular flexibility index (Phi) is 7.57. The molecule has 7 nitrogen and oxygen atoms in total. The van der Waals surface area contributed by atoms with Gasteiger partial charge < -0.3 is 20.1 Å². The third kappa shape index (κ3) is 5.86. The minimum Gasteiger partial charge on any atom is -0.462 e. The van der Waals surface area contributed by atoms with Crippen LogP contribution in [0.15, 0.2) is 42.6 Å². The van der Waals surface area contributed by atoms with E-state index in [9.17, 15) is 9.59 Å². The number of nitrogens with zero attached hydrogens (tertiary/aromatic N) is 1. The van der Waals surface area contributed by atoms with Crippen LogP contribution in [0.25, 0.3) is 0 Å². The largest absolute Gasteiger partial charge is 0.462 e. The van der Waals surface area contributed by atoms with Crippen LogP contribution in [0.1, 0.15) is 34.2 Å². The number of methoxy groups -OCH3 is 1. The van der Waals surface area contributed by atoms with E-state index in [-0.39, 0.29) is 11.9 Å². The highest BCUT2D eigenvalue weighted by Crippen LogP contribution is 2.18. The first-order valence-electron chi connectivity index (χ1n) is 8.41. The number of aromatic nitrogens is 1. The molecule has 2 rings (SSSR count). The van der Waals surface area contributed by atoms with E-state index in [4.69, 9.17) is 9.47 Å². The molecule has 1 amide bonds. The first-order chi connectivity index (χ1) is 12.6. The molecule has 1 aromatic carbocycles. The molecular weight excluding hydrogens is 334 g/mol.